The molecular weight excluding hydrogens is 242 g/mol. The molecule has 2 aromatic rings. The highest BCUT2D eigenvalue weighted by Gasteiger charge is 2.15. The van der Waals surface area contributed by atoms with Gasteiger partial charge in [-0.2, -0.15) is 0 Å². The van der Waals surface area contributed by atoms with Crippen molar-refractivity contribution in [3.63, 3.8) is 0 Å². The minimum Gasteiger partial charge on any atom is -0.496 e. The lowest BCUT2D eigenvalue weighted by atomic mass is 10.0. The maximum absolute atomic E-state index is 12.1. The van der Waals surface area contributed by atoms with E-state index in [9.17, 15) is 4.79 Å². The predicted octanol–water partition coefficient (Wildman–Crippen LogP) is 3.03. The molecule has 0 amide bonds. The Morgan fingerprint density at radius 2 is 2.11 bits per heavy atom. The lowest BCUT2D eigenvalue weighted by molar-refractivity contribution is 0.0991. The summed E-state index contributed by atoms with van der Waals surface area (Å²) in [5, 5.41) is 0. The van der Waals surface area contributed by atoms with Crippen LogP contribution in [0.4, 0.5) is 0 Å². The minimum atomic E-state index is -0.00152. The Kier molecular flexibility index (Phi) is 3.69. The quantitative estimate of drug-likeness (QED) is 0.792. The van der Waals surface area contributed by atoms with E-state index in [0.29, 0.717) is 5.56 Å². The SMILES string of the molecule is COc1c(C)cnc(CC(=O)c2coc(C)c2)c1C. The van der Waals surface area contributed by atoms with Gasteiger partial charge in [0.05, 0.1) is 24.8 Å². The summed E-state index contributed by atoms with van der Waals surface area (Å²) in [5.74, 6) is 1.52. The number of furan rings is 1. The van der Waals surface area contributed by atoms with Crippen LogP contribution in [0.25, 0.3) is 0 Å². The van der Waals surface area contributed by atoms with Gasteiger partial charge < -0.3 is 9.15 Å². The molecule has 0 radical (unpaired) electrons. The normalized spacial score (nSPS) is 10.5. The number of carbonyl (C=O) groups excluding carboxylic acids is 1. The average molecular weight is 259 g/mol. The van der Waals surface area contributed by atoms with Crippen LogP contribution in [0.15, 0.2) is 22.9 Å². The number of aryl methyl sites for hydroxylation is 2. The van der Waals surface area contributed by atoms with Crippen LogP contribution >= 0.6 is 0 Å². The van der Waals surface area contributed by atoms with Crippen LogP contribution in [-0.4, -0.2) is 17.9 Å². The van der Waals surface area contributed by atoms with Crippen molar-refractivity contribution in [1.29, 1.82) is 0 Å². The molecule has 0 N–H and O–H groups in total. The van der Waals surface area contributed by atoms with E-state index in [1.54, 1.807) is 19.4 Å². The highest BCUT2D eigenvalue weighted by atomic mass is 16.5. The van der Waals surface area contributed by atoms with Crippen molar-refractivity contribution in [1.82, 2.24) is 4.98 Å². The van der Waals surface area contributed by atoms with Crippen LogP contribution in [0.3, 0.4) is 0 Å². The first-order valence-electron chi connectivity index (χ1n) is 6.10. The van der Waals surface area contributed by atoms with Crippen molar-refractivity contribution in [2.24, 2.45) is 0 Å². The topological polar surface area (TPSA) is 52.3 Å². The molecule has 0 saturated carbocycles. The second kappa shape index (κ2) is 5.26. The third-order valence-corrected chi connectivity index (χ3v) is 3.13. The molecule has 0 spiro atoms. The molecule has 0 aromatic carbocycles. The molecule has 0 saturated heterocycles. The van der Waals surface area contributed by atoms with Gasteiger partial charge in [-0.25, -0.2) is 0 Å². The molecule has 0 aliphatic carbocycles. The van der Waals surface area contributed by atoms with Gasteiger partial charge in [0.15, 0.2) is 5.78 Å². The molecule has 2 rings (SSSR count). The van der Waals surface area contributed by atoms with E-state index in [0.717, 1.165) is 28.3 Å². The van der Waals surface area contributed by atoms with Gasteiger partial charge in [0.2, 0.25) is 0 Å². The Morgan fingerprint density at radius 3 is 2.68 bits per heavy atom. The number of carbonyl (C=O) groups is 1. The average Bonchev–Trinajstić information content (AvgIpc) is 2.80. The number of ketones is 1. The Morgan fingerprint density at radius 1 is 1.37 bits per heavy atom. The Bertz CT molecular complexity index is 614. The number of hydrogen-bond donors (Lipinski definition) is 0. The van der Waals surface area contributed by atoms with E-state index < -0.39 is 0 Å². The highest BCUT2D eigenvalue weighted by molar-refractivity contribution is 5.97. The van der Waals surface area contributed by atoms with Crippen molar-refractivity contribution in [3.8, 4) is 5.75 Å². The van der Waals surface area contributed by atoms with E-state index in [-0.39, 0.29) is 12.2 Å². The van der Waals surface area contributed by atoms with E-state index in [4.69, 9.17) is 9.15 Å². The third-order valence-electron chi connectivity index (χ3n) is 3.13. The molecular formula is C15H17NO3. The number of aromatic nitrogens is 1. The summed E-state index contributed by atoms with van der Waals surface area (Å²) in [6.45, 7) is 5.67. The summed E-state index contributed by atoms with van der Waals surface area (Å²) < 4.78 is 10.5. The molecule has 0 atom stereocenters. The molecule has 2 aromatic heterocycles. The van der Waals surface area contributed by atoms with Crippen LogP contribution < -0.4 is 4.74 Å². The van der Waals surface area contributed by atoms with Gasteiger partial charge in [0.1, 0.15) is 17.8 Å². The summed E-state index contributed by atoms with van der Waals surface area (Å²) in [6, 6.07) is 1.74. The number of methoxy groups -OCH3 is 1. The first kappa shape index (κ1) is 13.3. The predicted molar refractivity (Wildman–Crippen MR) is 71.7 cm³/mol. The standard InChI is InChI=1S/C15H17NO3/c1-9-7-16-13(11(3)15(9)18-4)6-14(17)12-5-10(2)19-8-12/h5,7-8H,6H2,1-4H3. The Hall–Kier alpha value is -2.10. The Labute approximate surface area is 112 Å². The largest absolute Gasteiger partial charge is 0.496 e. The molecule has 0 unspecified atom stereocenters. The van der Waals surface area contributed by atoms with E-state index in [1.807, 2.05) is 20.8 Å². The fourth-order valence-electron chi connectivity index (χ4n) is 2.09. The number of Topliss-reactive ketones (excluding diaryl/α,β-unsaturated/α-hetero) is 1. The zero-order valence-electron chi connectivity index (χ0n) is 11.6. The van der Waals surface area contributed by atoms with Gasteiger partial charge in [0.25, 0.3) is 0 Å². The van der Waals surface area contributed by atoms with Crippen molar-refractivity contribution in [3.05, 3.63) is 46.7 Å². The first-order chi connectivity index (χ1) is 9.02. The molecule has 0 aliphatic heterocycles. The van der Waals surface area contributed by atoms with Crippen molar-refractivity contribution in [2.75, 3.05) is 7.11 Å². The summed E-state index contributed by atoms with van der Waals surface area (Å²) in [4.78, 5) is 16.5. The van der Waals surface area contributed by atoms with Gasteiger partial charge in [-0.3, -0.25) is 9.78 Å². The van der Waals surface area contributed by atoms with Crippen LogP contribution in [-0.2, 0) is 6.42 Å². The second-order valence-corrected chi connectivity index (χ2v) is 4.59. The minimum absolute atomic E-state index is 0.00152. The van der Waals surface area contributed by atoms with Gasteiger partial charge in [0, 0.05) is 17.3 Å². The lowest BCUT2D eigenvalue weighted by Crippen LogP contribution is -2.07. The first-order valence-corrected chi connectivity index (χ1v) is 6.10. The molecule has 0 bridgehead atoms. The number of nitrogens with zero attached hydrogens (tertiary/aromatic N) is 1. The molecule has 0 aliphatic rings. The van der Waals surface area contributed by atoms with Crippen LogP contribution in [0.2, 0.25) is 0 Å². The van der Waals surface area contributed by atoms with E-state index in [1.165, 1.54) is 6.26 Å². The second-order valence-electron chi connectivity index (χ2n) is 4.59. The summed E-state index contributed by atoms with van der Waals surface area (Å²) in [6.07, 6.45) is 3.47. The zero-order chi connectivity index (χ0) is 14.0. The number of ether oxygens (including phenoxy) is 1. The van der Waals surface area contributed by atoms with Gasteiger partial charge in [-0.05, 0) is 26.8 Å². The fourth-order valence-corrected chi connectivity index (χ4v) is 2.09. The van der Waals surface area contributed by atoms with E-state index in [2.05, 4.69) is 4.98 Å². The van der Waals surface area contributed by atoms with Crippen molar-refractivity contribution < 1.29 is 13.9 Å². The van der Waals surface area contributed by atoms with Crippen LogP contribution in [0.1, 0.15) is 32.9 Å². The fraction of sp³-hybridized carbons (Fsp3) is 0.333. The molecule has 4 heteroatoms. The van der Waals surface area contributed by atoms with Crippen molar-refractivity contribution >= 4 is 5.78 Å². The van der Waals surface area contributed by atoms with Gasteiger partial charge in [-0.1, -0.05) is 0 Å². The zero-order valence-corrected chi connectivity index (χ0v) is 11.6. The third kappa shape index (κ3) is 2.67. The number of pyridine rings is 1. The van der Waals surface area contributed by atoms with Gasteiger partial charge >= 0.3 is 0 Å². The lowest BCUT2D eigenvalue weighted by Gasteiger charge is -2.11. The molecule has 19 heavy (non-hydrogen) atoms. The monoisotopic (exact) mass is 259 g/mol. The maximum atomic E-state index is 12.1. The van der Waals surface area contributed by atoms with Crippen LogP contribution in [0, 0.1) is 20.8 Å². The van der Waals surface area contributed by atoms with E-state index >= 15 is 0 Å². The molecule has 100 valence electrons. The molecule has 2 heterocycles. The molecule has 0 fully saturated rings. The van der Waals surface area contributed by atoms with Crippen molar-refractivity contribution in [2.45, 2.75) is 27.2 Å². The summed E-state index contributed by atoms with van der Waals surface area (Å²) in [7, 11) is 1.63. The number of hydrogen-bond acceptors (Lipinski definition) is 4. The maximum Gasteiger partial charge on any atom is 0.172 e. The molecule has 4 nitrogen and oxygen atoms in total. The highest BCUT2D eigenvalue weighted by Crippen LogP contribution is 2.24. The summed E-state index contributed by atoms with van der Waals surface area (Å²) in [5.41, 5.74) is 3.20. The number of rotatable bonds is 4. The smallest absolute Gasteiger partial charge is 0.172 e. The summed E-state index contributed by atoms with van der Waals surface area (Å²) >= 11 is 0. The Balaban J connectivity index is 2.27. The van der Waals surface area contributed by atoms with Crippen LogP contribution in [0.5, 0.6) is 5.75 Å². The van der Waals surface area contributed by atoms with Gasteiger partial charge in [-0.15, -0.1) is 0 Å².